The van der Waals surface area contributed by atoms with Crippen molar-refractivity contribution in [1.29, 1.82) is 0 Å². The van der Waals surface area contributed by atoms with Gasteiger partial charge in [0.15, 0.2) is 6.29 Å². The fraction of sp³-hybridized carbons (Fsp3) is 0.635. The number of aryl methyl sites for hydroxylation is 2. The molecule has 4 amide bonds. The summed E-state index contributed by atoms with van der Waals surface area (Å²) in [7, 11) is 0. The van der Waals surface area contributed by atoms with Crippen molar-refractivity contribution in [1.82, 2.24) is 31.1 Å². The Kier molecular flexibility index (Phi) is 29.9. The van der Waals surface area contributed by atoms with Crippen molar-refractivity contribution >= 4 is 41.7 Å². The fourth-order valence-electron chi connectivity index (χ4n) is 7.44. The molecule has 2 atom stereocenters. The van der Waals surface area contributed by atoms with E-state index in [2.05, 4.69) is 21.3 Å². The molecular formula is C52H83N7O17. The molecule has 2 rings (SSSR count). The summed E-state index contributed by atoms with van der Waals surface area (Å²) in [5, 5.41) is 71.5. The van der Waals surface area contributed by atoms with E-state index in [-0.39, 0.29) is 94.6 Å². The van der Waals surface area contributed by atoms with Gasteiger partial charge in [-0.05, 0) is 103 Å². The average Bonchev–Trinajstić information content (AvgIpc) is 3.31. The molecule has 2 aromatic rings. The number of urea groups is 1. The largest absolute Gasteiger partial charge is 0.508 e. The number of hydrogen-bond acceptors (Lipinski definition) is 18. The van der Waals surface area contributed by atoms with Gasteiger partial charge in [0.25, 0.3) is 0 Å². The molecule has 0 saturated carbocycles. The molecule has 76 heavy (non-hydrogen) atoms. The number of unbranched alkanes of at least 4 members (excludes halogenated alkanes) is 1. The minimum Gasteiger partial charge on any atom is -0.508 e. The van der Waals surface area contributed by atoms with Crippen LogP contribution in [0.2, 0.25) is 0 Å². The van der Waals surface area contributed by atoms with Crippen LogP contribution in [0.3, 0.4) is 0 Å². The summed E-state index contributed by atoms with van der Waals surface area (Å²) in [5.41, 5.74) is 5.92. The van der Waals surface area contributed by atoms with Gasteiger partial charge in [0.05, 0.1) is 45.6 Å². The van der Waals surface area contributed by atoms with Crippen LogP contribution in [0.4, 0.5) is 4.79 Å². The van der Waals surface area contributed by atoms with Gasteiger partial charge in [-0.15, -0.1) is 0 Å². The van der Waals surface area contributed by atoms with Crippen molar-refractivity contribution in [2.45, 2.75) is 142 Å². The molecule has 0 heterocycles. The van der Waals surface area contributed by atoms with E-state index in [0.717, 1.165) is 5.56 Å². The summed E-state index contributed by atoms with van der Waals surface area (Å²) >= 11 is 0. The van der Waals surface area contributed by atoms with E-state index in [0.29, 0.717) is 75.5 Å². The monoisotopic (exact) mass is 1080 g/mol. The van der Waals surface area contributed by atoms with E-state index in [1.807, 2.05) is 0 Å². The molecule has 12 N–H and O–H groups in total. The van der Waals surface area contributed by atoms with Gasteiger partial charge in [0.1, 0.15) is 28.7 Å². The highest BCUT2D eigenvalue weighted by atomic mass is 16.6. The number of nitrogens with two attached hydrogens (primary N) is 1. The van der Waals surface area contributed by atoms with Crippen molar-refractivity contribution in [2.75, 3.05) is 72.2 Å². The summed E-state index contributed by atoms with van der Waals surface area (Å²) in [5.74, 6) is -4.36. The molecule has 0 aliphatic heterocycles. The highest BCUT2D eigenvalue weighted by Crippen LogP contribution is 2.24. The second-order valence-corrected chi connectivity index (χ2v) is 20.2. The molecule has 0 aliphatic rings. The Balaban J connectivity index is 1.93. The van der Waals surface area contributed by atoms with Gasteiger partial charge >= 0.3 is 29.9 Å². The maximum Gasteiger partial charge on any atom is 0.329 e. The van der Waals surface area contributed by atoms with E-state index in [1.165, 1.54) is 21.9 Å². The van der Waals surface area contributed by atoms with Crippen molar-refractivity contribution in [3.63, 3.8) is 0 Å². The molecule has 0 spiro atoms. The number of nitrogens with one attached hydrogen (secondary N) is 4. The standard InChI is InChI=1S/C52H83N7O17/c1-51(2,3)75-47(68)19-14-40(49(71)76-52(4,5)6)57-50(72)56-39(48(69)70)9-7-8-21-54-43(62)17-12-35-10-15-41(60)37(29-35)31-58(33-45(64)65)23-24-59(34-46(66)67)32-38-30-36(11-16-42(38)61)13-18-44(63)55-22-26-74-28-27-73-25-20-53/h10-11,15-16,29-30,39-40,48,60-61,69-70H,7-9,12-14,17-28,31-34,53H2,1-6H3,(H,54,62)(H,55,63)(H,64,65)(H,66,67)(H2,56,57,72). The topological polar surface area (TPSA) is 358 Å². The summed E-state index contributed by atoms with van der Waals surface area (Å²) < 4.78 is 21.4. The van der Waals surface area contributed by atoms with Crippen LogP contribution in [0.25, 0.3) is 0 Å². The van der Waals surface area contributed by atoms with Crippen LogP contribution >= 0.6 is 0 Å². The van der Waals surface area contributed by atoms with Gasteiger partial charge in [0.2, 0.25) is 11.8 Å². The first kappa shape index (κ1) is 66.0. The number of hydrogen-bond donors (Lipinski definition) is 11. The normalized spacial score (nSPS) is 12.5. The van der Waals surface area contributed by atoms with Gasteiger partial charge in [-0.1, -0.05) is 24.3 Å². The number of carboxylic acids is 2. The number of ether oxygens (including phenoxy) is 4. The molecule has 0 aliphatic carbocycles. The first-order valence-electron chi connectivity index (χ1n) is 25.5. The SMILES string of the molecule is CC(C)(C)OC(=O)CCC(NC(=O)NC(CCCCNC(=O)CCc1ccc(O)c(CN(CCN(CC(=O)O)Cc2cc(CCC(=O)NCCOCCOCCN)ccc2O)CC(=O)O)c1)C(O)O)C(=O)OC(C)(C)C. The number of aliphatic carboxylic acids is 2. The Morgan fingerprint density at radius 2 is 1.13 bits per heavy atom. The lowest BCUT2D eigenvalue weighted by Crippen LogP contribution is -2.53. The molecule has 2 aromatic carbocycles. The predicted octanol–water partition coefficient (Wildman–Crippen LogP) is 1.64. The van der Waals surface area contributed by atoms with Gasteiger partial charge in [-0.3, -0.25) is 33.8 Å². The molecule has 24 nitrogen and oxygen atoms in total. The Hall–Kier alpha value is -6.15. The summed E-state index contributed by atoms with van der Waals surface area (Å²) in [6, 6.07) is 6.28. The van der Waals surface area contributed by atoms with Crippen molar-refractivity contribution < 1.29 is 83.1 Å². The summed E-state index contributed by atoms with van der Waals surface area (Å²) in [6.07, 6.45) is -0.622. The highest BCUT2D eigenvalue weighted by molar-refractivity contribution is 5.84. The van der Waals surface area contributed by atoms with Gasteiger partial charge in [-0.2, -0.15) is 0 Å². The Morgan fingerprint density at radius 3 is 1.61 bits per heavy atom. The van der Waals surface area contributed by atoms with E-state index in [1.54, 1.807) is 65.8 Å². The summed E-state index contributed by atoms with van der Waals surface area (Å²) in [4.78, 5) is 90.4. The number of carbonyl (C=O) groups excluding carboxylic acids is 5. The van der Waals surface area contributed by atoms with Crippen LogP contribution in [-0.4, -0.2) is 184 Å². The first-order valence-corrected chi connectivity index (χ1v) is 25.5. The van der Waals surface area contributed by atoms with Gasteiger partial charge in [0, 0.05) is 76.2 Å². The number of esters is 2. The van der Waals surface area contributed by atoms with Crippen LogP contribution in [0, 0.1) is 0 Å². The quantitative estimate of drug-likeness (QED) is 0.0260. The number of aliphatic hydroxyl groups excluding tert-OH is 1. The maximum atomic E-state index is 12.9. The molecule has 0 radical (unpaired) electrons. The van der Waals surface area contributed by atoms with Crippen molar-refractivity contribution in [3.8, 4) is 11.5 Å². The minimum absolute atomic E-state index is 0.00349. The Bertz CT molecular complexity index is 2150. The van der Waals surface area contributed by atoms with E-state index in [4.69, 9.17) is 24.7 Å². The third-order valence-electron chi connectivity index (χ3n) is 11.0. The average molecular weight is 1080 g/mol. The molecule has 0 fully saturated rings. The van der Waals surface area contributed by atoms with E-state index in [9.17, 15) is 64.2 Å². The molecule has 428 valence electrons. The number of phenolic OH excluding ortho intramolecular Hbond substituents is 2. The number of rotatable bonds is 37. The molecular weight excluding hydrogens is 995 g/mol. The van der Waals surface area contributed by atoms with E-state index >= 15 is 0 Å². The lowest BCUT2D eigenvalue weighted by Gasteiger charge is -2.26. The van der Waals surface area contributed by atoms with Crippen LogP contribution in [0.5, 0.6) is 11.5 Å². The third-order valence-corrected chi connectivity index (χ3v) is 11.0. The predicted molar refractivity (Wildman–Crippen MR) is 278 cm³/mol. The molecule has 2 unspecified atom stereocenters. The second-order valence-electron chi connectivity index (χ2n) is 20.2. The Labute approximate surface area is 444 Å². The number of amides is 4. The second kappa shape index (κ2) is 34.5. The van der Waals surface area contributed by atoms with Crippen LogP contribution < -0.4 is 27.0 Å². The smallest absolute Gasteiger partial charge is 0.329 e. The van der Waals surface area contributed by atoms with Crippen LogP contribution in [0.1, 0.15) is 109 Å². The van der Waals surface area contributed by atoms with Crippen molar-refractivity contribution in [2.24, 2.45) is 5.73 Å². The molecule has 0 bridgehead atoms. The fourth-order valence-corrected chi connectivity index (χ4v) is 7.44. The number of aromatic hydroxyl groups is 2. The highest BCUT2D eigenvalue weighted by Gasteiger charge is 2.30. The lowest BCUT2D eigenvalue weighted by atomic mass is 10.0. The number of phenols is 2. The first-order chi connectivity index (χ1) is 35.7. The van der Waals surface area contributed by atoms with Crippen LogP contribution in [0.15, 0.2) is 36.4 Å². The zero-order chi connectivity index (χ0) is 56.8. The third kappa shape index (κ3) is 30.4. The number of aliphatic hydroxyl groups is 2. The number of carboxylic acid groups (broad SMARTS) is 2. The minimum atomic E-state index is -1.96. The molecule has 0 saturated heterocycles. The summed E-state index contributed by atoms with van der Waals surface area (Å²) in [6.45, 7) is 11.7. The number of benzene rings is 2. The maximum absolute atomic E-state index is 12.9. The van der Waals surface area contributed by atoms with E-state index < -0.39 is 72.6 Å². The van der Waals surface area contributed by atoms with Crippen LogP contribution in [-0.2, 0) is 73.6 Å². The Morgan fingerprint density at radius 1 is 0.632 bits per heavy atom. The molecule has 24 heteroatoms. The zero-order valence-corrected chi connectivity index (χ0v) is 44.9. The molecule has 0 aromatic heterocycles. The lowest BCUT2D eigenvalue weighted by molar-refractivity contribution is -0.158. The number of nitrogens with zero attached hydrogens (tertiary/aromatic N) is 2. The zero-order valence-electron chi connectivity index (χ0n) is 44.9. The number of carbonyl (C=O) groups is 7. The van der Waals surface area contributed by atoms with Crippen molar-refractivity contribution in [3.05, 3.63) is 58.7 Å². The van der Waals surface area contributed by atoms with Gasteiger partial charge in [-0.25, -0.2) is 9.59 Å². The van der Waals surface area contributed by atoms with Gasteiger partial charge < -0.3 is 76.6 Å².